The molecule has 0 saturated carbocycles. The summed E-state index contributed by atoms with van der Waals surface area (Å²) in [6, 6.07) is 0. The Bertz CT molecular complexity index is 56.9. The summed E-state index contributed by atoms with van der Waals surface area (Å²) in [6.45, 7) is -4.67. The van der Waals surface area contributed by atoms with E-state index in [1.807, 2.05) is 0 Å². The minimum atomic E-state index is -4.67. The van der Waals surface area contributed by atoms with Crippen LogP contribution in [-0.4, -0.2) is 0 Å². The molecule has 0 aromatic rings. The standard InChI is InChI=1S/Cd.ClH2O3P/c;1-5(2,3)4/h;(H2,2,3,4)/q+2;/p-2. The molecule has 0 aliphatic heterocycles. The van der Waals surface area contributed by atoms with Gasteiger partial charge in [0.15, 0.2) is 0 Å². The summed E-state index contributed by atoms with van der Waals surface area (Å²) in [5, 5.41) is 0. The van der Waals surface area contributed by atoms with Gasteiger partial charge in [0, 0.05) is 6.95 Å². The van der Waals surface area contributed by atoms with Crippen molar-refractivity contribution in [2.75, 3.05) is 0 Å². The first-order chi connectivity index (χ1) is 2.00. The van der Waals surface area contributed by atoms with Crippen molar-refractivity contribution in [2.24, 2.45) is 0 Å². The van der Waals surface area contributed by atoms with Crippen molar-refractivity contribution in [3.05, 3.63) is 0 Å². The fourth-order valence-corrected chi connectivity index (χ4v) is 0. The van der Waals surface area contributed by atoms with Crippen LogP contribution in [0.4, 0.5) is 0 Å². The molecule has 0 unspecified atom stereocenters. The fraction of sp³-hybridized carbons (Fsp3) is 0. The maximum absolute atomic E-state index is 8.87. The van der Waals surface area contributed by atoms with Gasteiger partial charge in [-0.1, -0.05) is 11.2 Å². The van der Waals surface area contributed by atoms with E-state index < -0.39 is 6.95 Å². The average molecular weight is 227 g/mol. The zero-order valence-corrected chi connectivity index (χ0v) is 8.44. The van der Waals surface area contributed by atoms with Gasteiger partial charge in [-0.05, 0) is 0 Å². The molecular weight excluding hydrogens is 227 g/mol. The SMILES string of the molecule is O=P([O-])([O-])Cl.[Cd+2]. The summed E-state index contributed by atoms with van der Waals surface area (Å²) >= 11 is 3.97. The number of hydrogen-bond acceptors (Lipinski definition) is 3. The van der Waals surface area contributed by atoms with Gasteiger partial charge in [0.25, 0.3) is 0 Å². The Hall–Kier alpha value is 1.36. The van der Waals surface area contributed by atoms with Crippen LogP contribution in [0.2, 0.25) is 0 Å². The first kappa shape index (κ1) is 10.4. The third kappa shape index (κ3) is 55.0. The molecule has 0 bridgehead atoms. The third-order valence-corrected chi connectivity index (χ3v) is 0. The number of rotatable bonds is 0. The molecule has 0 aliphatic rings. The molecule has 0 saturated heterocycles. The summed E-state index contributed by atoms with van der Waals surface area (Å²) in [5.41, 5.74) is 0. The van der Waals surface area contributed by atoms with Crippen LogP contribution in [0.25, 0.3) is 0 Å². The van der Waals surface area contributed by atoms with Crippen molar-refractivity contribution in [3.63, 3.8) is 0 Å². The molecule has 0 heterocycles. The molecule has 0 aliphatic carbocycles. The molecule has 0 aromatic heterocycles. The Balaban J connectivity index is 0. The maximum Gasteiger partial charge on any atom is 2.00 e. The smallest absolute Gasteiger partial charge is 0.799 e. The topological polar surface area (TPSA) is 63.2 Å². The Labute approximate surface area is 59.8 Å². The van der Waals surface area contributed by atoms with Crippen molar-refractivity contribution in [3.8, 4) is 0 Å². The second-order valence-electron chi connectivity index (χ2n) is 0.431. The van der Waals surface area contributed by atoms with E-state index in [4.69, 9.17) is 14.4 Å². The van der Waals surface area contributed by atoms with Crippen LogP contribution in [-0.2, 0) is 31.9 Å². The summed E-state index contributed by atoms with van der Waals surface area (Å²) < 4.78 is 8.87. The van der Waals surface area contributed by atoms with E-state index in [0.29, 0.717) is 0 Å². The van der Waals surface area contributed by atoms with Gasteiger partial charge in [-0.3, -0.25) is 0 Å². The third-order valence-electron chi connectivity index (χ3n) is 0. The van der Waals surface area contributed by atoms with Gasteiger partial charge >= 0.3 is 27.3 Å². The van der Waals surface area contributed by atoms with Crippen molar-refractivity contribution < 1.29 is 41.7 Å². The van der Waals surface area contributed by atoms with Gasteiger partial charge in [-0.2, -0.15) is 0 Å². The molecule has 0 amide bonds. The van der Waals surface area contributed by atoms with Crippen LogP contribution in [0.1, 0.15) is 0 Å². The van der Waals surface area contributed by atoms with Gasteiger partial charge in [0.05, 0.1) is 0 Å². The van der Waals surface area contributed by atoms with Crippen LogP contribution in [0.15, 0.2) is 0 Å². The Morgan fingerprint density at radius 2 is 1.50 bits per heavy atom. The van der Waals surface area contributed by atoms with E-state index in [0.717, 1.165) is 0 Å². The normalized spacial score (nSPS) is 9.83. The van der Waals surface area contributed by atoms with Gasteiger partial charge in [0.2, 0.25) is 0 Å². The predicted molar refractivity (Wildman–Crippen MR) is 13.5 cm³/mol. The fourth-order valence-electron chi connectivity index (χ4n) is 0. The molecule has 0 spiro atoms. The van der Waals surface area contributed by atoms with E-state index in [-0.39, 0.29) is 27.3 Å². The molecular formula is CdClO3P. The zero-order valence-electron chi connectivity index (χ0n) is 2.76. The first-order valence-corrected chi connectivity index (χ1v) is 3.16. The molecule has 6 heavy (non-hydrogen) atoms. The van der Waals surface area contributed by atoms with E-state index >= 15 is 0 Å². The molecule has 0 fully saturated rings. The summed E-state index contributed by atoms with van der Waals surface area (Å²) in [6.07, 6.45) is 0. The summed E-state index contributed by atoms with van der Waals surface area (Å²) in [7, 11) is 0. The quantitative estimate of drug-likeness (QED) is 0.395. The van der Waals surface area contributed by atoms with Crippen molar-refractivity contribution in [2.45, 2.75) is 0 Å². The largest absolute Gasteiger partial charge is 2.00 e. The Kier molecular flexibility index (Phi) is 5.83. The van der Waals surface area contributed by atoms with Crippen molar-refractivity contribution in [1.29, 1.82) is 0 Å². The van der Waals surface area contributed by atoms with Crippen LogP contribution in [0.5, 0.6) is 0 Å². The molecule has 6 heteroatoms. The van der Waals surface area contributed by atoms with Crippen LogP contribution in [0.3, 0.4) is 0 Å². The molecule has 0 aromatic carbocycles. The van der Waals surface area contributed by atoms with E-state index in [9.17, 15) is 0 Å². The summed E-state index contributed by atoms with van der Waals surface area (Å²) in [4.78, 5) is 17.7. The molecule has 0 atom stereocenters. The maximum atomic E-state index is 8.87. The van der Waals surface area contributed by atoms with Crippen LogP contribution < -0.4 is 9.79 Å². The summed E-state index contributed by atoms with van der Waals surface area (Å²) in [5.74, 6) is 0. The molecule has 0 N–H and O–H groups in total. The van der Waals surface area contributed by atoms with Crippen LogP contribution in [0, 0.1) is 0 Å². The van der Waals surface area contributed by atoms with E-state index in [1.54, 1.807) is 0 Å². The van der Waals surface area contributed by atoms with E-state index in [1.165, 1.54) is 0 Å². The zero-order chi connectivity index (χ0) is 4.50. The minimum absolute atomic E-state index is 0. The molecule has 0 rings (SSSR count). The van der Waals surface area contributed by atoms with Crippen LogP contribution >= 0.6 is 18.2 Å². The van der Waals surface area contributed by atoms with Crippen molar-refractivity contribution in [1.82, 2.24) is 0 Å². The Morgan fingerprint density at radius 1 is 1.50 bits per heavy atom. The van der Waals surface area contributed by atoms with Gasteiger partial charge in [0.1, 0.15) is 0 Å². The average Bonchev–Trinajstić information content (AvgIpc) is 0.722. The minimum Gasteiger partial charge on any atom is -0.799 e. The Morgan fingerprint density at radius 3 is 1.50 bits per heavy atom. The second kappa shape index (κ2) is 3.37. The molecule has 32 valence electrons. The first-order valence-electron chi connectivity index (χ1n) is 0.717. The van der Waals surface area contributed by atoms with Gasteiger partial charge in [-0.25, -0.2) is 0 Å². The van der Waals surface area contributed by atoms with Crippen molar-refractivity contribution >= 4 is 18.2 Å². The van der Waals surface area contributed by atoms with Gasteiger partial charge in [-0.15, -0.1) is 0 Å². The predicted octanol–water partition coefficient (Wildman–Crippen LogP) is -0.949. The number of halogens is 1. The van der Waals surface area contributed by atoms with Gasteiger partial charge < -0.3 is 14.4 Å². The second-order valence-corrected chi connectivity index (χ2v) is 2.53. The number of hydrogen-bond donors (Lipinski definition) is 0. The molecule has 3 nitrogen and oxygen atoms in total. The monoisotopic (exact) mass is 228 g/mol. The van der Waals surface area contributed by atoms with E-state index in [2.05, 4.69) is 11.2 Å². The molecule has 0 radical (unpaired) electrons.